The summed E-state index contributed by atoms with van der Waals surface area (Å²) in [4.78, 5) is 0.376. The highest BCUT2D eigenvalue weighted by Gasteiger charge is 2.28. The van der Waals surface area contributed by atoms with Gasteiger partial charge in [0.05, 0.1) is 4.90 Å². The third-order valence-corrected chi connectivity index (χ3v) is 5.40. The van der Waals surface area contributed by atoms with Gasteiger partial charge in [-0.25, -0.2) is 8.42 Å². The van der Waals surface area contributed by atoms with Crippen molar-refractivity contribution in [3.05, 3.63) is 29.8 Å². The fraction of sp³-hybridized carbons (Fsp3) is 0.571. The number of halogens is 1. The minimum atomic E-state index is -3.37. The fourth-order valence-corrected chi connectivity index (χ4v) is 3.99. The van der Waals surface area contributed by atoms with Crippen LogP contribution < -0.4 is 5.73 Å². The molecule has 1 aromatic rings. The van der Waals surface area contributed by atoms with Crippen molar-refractivity contribution in [1.82, 2.24) is 4.31 Å². The lowest BCUT2D eigenvalue weighted by molar-refractivity contribution is 0.316. The smallest absolute Gasteiger partial charge is 0.243 e. The first kappa shape index (κ1) is 17.4. The number of rotatable bonds is 4. The number of benzene rings is 1. The van der Waals surface area contributed by atoms with E-state index in [0.717, 1.165) is 25.7 Å². The van der Waals surface area contributed by atoms with E-state index >= 15 is 0 Å². The average molecular weight is 319 g/mol. The normalized spacial score (nSPS) is 20.4. The standard InChI is InChI=1S/C14H22N2O2S.ClH/c1-2-4-12-6-8-14(9-7-12)19(17,18)16-10-3-5-13(15)11-16;/h6-9,13H,2-5,10-11,15H2,1H3;1H/t13-;/m1./s1. The maximum atomic E-state index is 12.5. The molecule has 1 fully saturated rings. The van der Waals surface area contributed by atoms with E-state index in [1.54, 1.807) is 12.1 Å². The Morgan fingerprint density at radius 2 is 1.95 bits per heavy atom. The molecule has 2 rings (SSSR count). The molecule has 0 bridgehead atoms. The predicted octanol–water partition coefficient (Wildman–Crippen LogP) is 2.17. The van der Waals surface area contributed by atoms with Gasteiger partial charge in [-0.05, 0) is 37.0 Å². The predicted molar refractivity (Wildman–Crippen MR) is 83.7 cm³/mol. The number of hydrogen-bond donors (Lipinski definition) is 1. The Balaban J connectivity index is 0.00000200. The van der Waals surface area contributed by atoms with Crippen LogP contribution in [0.2, 0.25) is 0 Å². The average Bonchev–Trinajstić information content (AvgIpc) is 2.40. The van der Waals surface area contributed by atoms with Crippen molar-refractivity contribution in [3.8, 4) is 0 Å². The minimum absolute atomic E-state index is 0. The summed E-state index contributed by atoms with van der Waals surface area (Å²) >= 11 is 0. The summed E-state index contributed by atoms with van der Waals surface area (Å²) in [5, 5.41) is 0. The second-order valence-corrected chi connectivity index (χ2v) is 7.10. The van der Waals surface area contributed by atoms with Crippen LogP contribution in [0.5, 0.6) is 0 Å². The van der Waals surface area contributed by atoms with Crippen LogP contribution in [-0.2, 0) is 16.4 Å². The number of aryl methyl sites for hydroxylation is 1. The zero-order valence-electron chi connectivity index (χ0n) is 11.8. The molecule has 1 heterocycles. The lowest BCUT2D eigenvalue weighted by Gasteiger charge is -2.29. The van der Waals surface area contributed by atoms with Gasteiger partial charge >= 0.3 is 0 Å². The molecule has 0 aliphatic carbocycles. The van der Waals surface area contributed by atoms with Gasteiger partial charge < -0.3 is 5.73 Å². The molecule has 0 aromatic heterocycles. The van der Waals surface area contributed by atoms with E-state index in [1.807, 2.05) is 12.1 Å². The van der Waals surface area contributed by atoms with Gasteiger partial charge in [0.1, 0.15) is 0 Å². The van der Waals surface area contributed by atoms with Crippen molar-refractivity contribution >= 4 is 22.4 Å². The molecule has 20 heavy (non-hydrogen) atoms. The summed E-state index contributed by atoms with van der Waals surface area (Å²) in [5.74, 6) is 0. The van der Waals surface area contributed by atoms with Crippen LogP contribution in [0.1, 0.15) is 31.7 Å². The third-order valence-electron chi connectivity index (χ3n) is 3.52. The Hall–Kier alpha value is -0.620. The van der Waals surface area contributed by atoms with Gasteiger partial charge in [-0.2, -0.15) is 4.31 Å². The molecule has 4 nitrogen and oxygen atoms in total. The number of sulfonamides is 1. The van der Waals surface area contributed by atoms with Crippen molar-refractivity contribution < 1.29 is 8.42 Å². The second kappa shape index (κ2) is 7.41. The van der Waals surface area contributed by atoms with Crippen LogP contribution in [0.4, 0.5) is 0 Å². The van der Waals surface area contributed by atoms with Crippen LogP contribution in [0.3, 0.4) is 0 Å². The first-order valence-corrected chi connectivity index (χ1v) is 8.32. The van der Waals surface area contributed by atoms with Crippen LogP contribution in [-0.4, -0.2) is 31.9 Å². The Labute approximate surface area is 127 Å². The monoisotopic (exact) mass is 318 g/mol. The summed E-state index contributed by atoms with van der Waals surface area (Å²) in [6.45, 7) is 3.12. The summed E-state index contributed by atoms with van der Waals surface area (Å²) < 4.78 is 26.5. The van der Waals surface area contributed by atoms with Gasteiger partial charge in [0, 0.05) is 19.1 Å². The van der Waals surface area contributed by atoms with E-state index in [1.165, 1.54) is 9.87 Å². The van der Waals surface area contributed by atoms with Gasteiger partial charge in [0.15, 0.2) is 0 Å². The largest absolute Gasteiger partial charge is 0.327 e. The molecule has 0 radical (unpaired) electrons. The first-order chi connectivity index (χ1) is 9.04. The van der Waals surface area contributed by atoms with Crippen molar-refractivity contribution in [2.75, 3.05) is 13.1 Å². The molecule has 0 spiro atoms. The fourth-order valence-electron chi connectivity index (χ4n) is 2.46. The maximum Gasteiger partial charge on any atom is 0.243 e. The van der Waals surface area contributed by atoms with Crippen molar-refractivity contribution in [1.29, 1.82) is 0 Å². The summed E-state index contributed by atoms with van der Waals surface area (Å²) in [5.41, 5.74) is 7.04. The quantitative estimate of drug-likeness (QED) is 0.925. The molecule has 1 aromatic carbocycles. The van der Waals surface area contributed by atoms with Gasteiger partial charge in [-0.15, -0.1) is 12.4 Å². The Morgan fingerprint density at radius 3 is 2.50 bits per heavy atom. The summed E-state index contributed by atoms with van der Waals surface area (Å²) in [6, 6.07) is 7.18. The van der Waals surface area contributed by atoms with Crippen LogP contribution in [0, 0.1) is 0 Å². The molecule has 1 atom stereocenters. The van der Waals surface area contributed by atoms with E-state index in [9.17, 15) is 8.42 Å². The van der Waals surface area contributed by atoms with Crippen molar-refractivity contribution in [2.45, 2.75) is 43.5 Å². The van der Waals surface area contributed by atoms with Gasteiger partial charge in [0.25, 0.3) is 0 Å². The highest BCUT2D eigenvalue weighted by molar-refractivity contribution is 7.89. The van der Waals surface area contributed by atoms with Crippen LogP contribution in [0.25, 0.3) is 0 Å². The lowest BCUT2D eigenvalue weighted by Crippen LogP contribution is -2.45. The molecule has 1 aliphatic heterocycles. The van der Waals surface area contributed by atoms with Crippen molar-refractivity contribution in [2.24, 2.45) is 5.73 Å². The maximum absolute atomic E-state index is 12.5. The highest BCUT2D eigenvalue weighted by atomic mass is 35.5. The summed E-state index contributed by atoms with van der Waals surface area (Å²) in [6.07, 6.45) is 3.79. The molecule has 0 saturated carbocycles. The van der Waals surface area contributed by atoms with Gasteiger partial charge in [0.2, 0.25) is 10.0 Å². The molecule has 1 saturated heterocycles. The van der Waals surface area contributed by atoms with Gasteiger partial charge in [-0.3, -0.25) is 0 Å². The zero-order chi connectivity index (χ0) is 13.9. The zero-order valence-corrected chi connectivity index (χ0v) is 13.4. The number of nitrogens with zero attached hydrogens (tertiary/aromatic N) is 1. The van der Waals surface area contributed by atoms with Crippen molar-refractivity contribution in [3.63, 3.8) is 0 Å². The molecule has 0 unspecified atom stereocenters. The Bertz CT molecular complexity index is 516. The minimum Gasteiger partial charge on any atom is -0.327 e. The Kier molecular flexibility index (Phi) is 6.45. The summed E-state index contributed by atoms with van der Waals surface area (Å²) in [7, 11) is -3.37. The van der Waals surface area contributed by atoms with E-state index in [-0.39, 0.29) is 18.4 Å². The second-order valence-electron chi connectivity index (χ2n) is 5.16. The van der Waals surface area contributed by atoms with Crippen LogP contribution >= 0.6 is 12.4 Å². The van der Waals surface area contributed by atoms with E-state index in [0.29, 0.717) is 18.0 Å². The lowest BCUT2D eigenvalue weighted by atomic mass is 10.1. The molecular formula is C14H23ClN2O2S. The molecule has 6 heteroatoms. The molecular weight excluding hydrogens is 296 g/mol. The number of nitrogens with two attached hydrogens (primary N) is 1. The first-order valence-electron chi connectivity index (χ1n) is 6.88. The molecule has 1 aliphatic rings. The Morgan fingerprint density at radius 1 is 1.30 bits per heavy atom. The van der Waals surface area contributed by atoms with Crippen LogP contribution in [0.15, 0.2) is 29.2 Å². The van der Waals surface area contributed by atoms with E-state index < -0.39 is 10.0 Å². The van der Waals surface area contributed by atoms with Gasteiger partial charge in [-0.1, -0.05) is 25.5 Å². The molecule has 0 amide bonds. The molecule has 114 valence electrons. The molecule has 2 N–H and O–H groups in total. The topological polar surface area (TPSA) is 63.4 Å². The number of piperidine rings is 1. The van der Waals surface area contributed by atoms with E-state index in [4.69, 9.17) is 5.73 Å². The third kappa shape index (κ3) is 3.95. The highest BCUT2D eigenvalue weighted by Crippen LogP contribution is 2.20. The SMILES string of the molecule is CCCc1ccc(S(=O)(=O)N2CCC[C@@H](N)C2)cc1.Cl. The number of hydrogen-bond acceptors (Lipinski definition) is 3. The van der Waals surface area contributed by atoms with E-state index in [2.05, 4.69) is 6.92 Å².